The Morgan fingerprint density at radius 3 is 2.31 bits per heavy atom. The van der Waals surface area contributed by atoms with Gasteiger partial charge < -0.3 is 15.4 Å². The maximum atomic E-state index is 12.3. The van der Waals surface area contributed by atoms with Gasteiger partial charge in [0.25, 0.3) is 11.8 Å². The summed E-state index contributed by atoms with van der Waals surface area (Å²) in [7, 11) is 0. The number of anilines is 2. The predicted molar refractivity (Wildman–Crippen MR) is 116 cm³/mol. The minimum absolute atomic E-state index is 0.170. The molecule has 0 spiro atoms. The van der Waals surface area contributed by atoms with Crippen molar-refractivity contribution in [3.05, 3.63) is 87.9 Å². The Bertz CT molecular complexity index is 1040. The van der Waals surface area contributed by atoms with Gasteiger partial charge in [0.15, 0.2) is 6.61 Å². The molecule has 0 aromatic heterocycles. The van der Waals surface area contributed by atoms with E-state index in [2.05, 4.69) is 10.6 Å². The molecule has 0 heterocycles. The van der Waals surface area contributed by atoms with Crippen LogP contribution >= 0.6 is 23.2 Å². The molecular formula is C22H18Cl2N2O3. The van der Waals surface area contributed by atoms with Crippen molar-refractivity contribution in [1.29, 1.82) is 0 Å². The molecule has 3 rings (SSSR count). The zero-order chi connectivity index (χ0) is 20.8. The van der Waals surface area contributed by atoms with Crippen molar-refractivity contribution in [1.82, 2.24) is 0 Å². The normalized spacial score (nSPS) is 10.3. The van der Waals surface area contributed by atoms with E-state index in [1.54, 1.807) is 60.7 Å². The third-order valence-corrected chi connectivity index (χ3v) is 4.80. The molecule has 0 aliphatic rings. The van der Waals surface area contributed by atoms with E-state index in [4.69, 9.17) is 27.9 Å². The second kappa shape index (κ2) is 9.45. The average Bonchev–Trinajstić information content (AvgIpc) is 2.71. The van der Waals surface area contributed by atoms with Crippen LogP contribution in [0.1, 0.15) is 15.9 Å². The maximum absolute atomic E-state index is 12.3. The molecule has 0 atom stereocenters. The number of carbonyl (C=O) groups excluding carboxylic acids is 2. The Hall–Kier alpha value is -3.02. The Balaban J connectivity index is 1.53. The minimum atomic E-state index is -0.314. The summed E-state index contributed by atoms with van der Waals surface area (Å²) >= 11 is 12.1. The highest BCUT2D eigenvalue weighted by molar-refractivity contribution is 6.34. The smallest absolute Gasteiger partial charge is 0.262 e. The van der Waals surface area contributed by atoms with Gasteiger partial charge in [-0.05, 0) is 61.0 Å². The number of halogens is 2. The van der Waals surface area contributed by atoms with E-state index < -0.39 is 0 Å². The topological polar surface area (TPSA) is 67.4 Å². The number of nitrogens with one attached hydrogen (secondary N) is 2. The molecular weight excluding hydrogens is 411 g/mol. The number of hydrogen-bond acceptors (Lipinski definition) is 3. The van der Waals surface area contributed by atoms with Crippen molar-refractivity contribution < 1.29 is 14.3 Å². The number of rotatable bonds is 6. The summed E-state index contributed by atoms with van der Waals surface area (Å²) < 4.78 is 5.47. The van der Waals surface area contributed by atoms with Crippen molar-refractivity contribution in [3.8, 4) is 5.75 Å². The molecule has 3 aromatic rings. The number of hydrogen-bond donors (Lipinski definition) is 2. The Morgan fingerprint density at radius 2 is 1.62 bits per heavy atom. The molecule has 29 heavy (non-hydrogen) atoms. The van der Waals surface area contributed by atoms with Gasteiger partial charge in [0.1, 0.15) is 5.75 Å². The second-order valence-electron chi connectivity index (χ2n) is 6.26. The molecule has 148 valence electrons. The molecule has 5 nitrogen and oxygen atoms in total. The van der Waals surface area contributed by atoms with Crippen LogP contribution in [-0.4, -0.2) is 18.4 Å². The molecule has 0 bridgehead atoms. The molecule has 3 aromatic carbocycles. The molecule has 7 heteroatoms. The molecule has 0 unspecified atom stereocenters. The summed E-state index contributed by atoms with van der Waals surface area (Å²) in [4.78, 5) is 24.3. The van der Waals surface area contributed by atoms with Gasteiger partial charge in [0.05, 0.1) is 10.7 Å². The van der Waals surface area contributed by atoms with Gasteiger partial charge >= 0.3 is 0 Å². The maximum Gasteiger partial charge on any atom is 0.262 e. The van der Waals surface area contributed by atoms with E-state index in [-0.39, 0.29) is 18.4 Å². The Labute approximate surface area is 178 Å². The van der Waals surface area contributed by atoms with E-state index >= 15 is 0 Å². The van der Waals surface area contributed by atoms with Crippen LogP contribution in [0.5, 0.6) is 5.75 Å². The van der Waals surface area contributed by atoms with Gasteiger partial charge in [-0.1, -0.05) is 41.4 Å². The van der Waals surface area contributed by atoms with Crippen LogP contribution in [0, 0.1) is 6.92 Å². The first kappa shape index (κ1) is 20.7. The van der Waals surface area contributed by atoms with Crippen molar-refractivity contribution >= 4 is 46.4 Å². The molecule has 0 saturated carbocycles. The predicted octanol–water partition coefficient (Wildman–Crippen LogP) is 5.57. The molecule has 0 radical (unpaired) electrons. The average molecular weight is 429 g/mol. The number of amides is 2. The second-order valence-corrected chi connectivity index (χ2v) is 7.07. The Kier molecular flexibility index (Phi) is 6.75. The lowest BCUT2D eigenvalue weighted by Crippen LogP contribution is -2.20. The first-order chi connectivity index (χ1) is 13.9. The van der Waals surface area contributed by atoms with Crippen molar-refractivity contribution in [3.63, 3.8) is 0 Å². The van der Waals surface area contributed by atoms with E-state index in [1.807, 2.05) is 13.0 Å². The molecule has 2 amide bonds. The fraction of sp³-hybridized carbons (Fsp3) is 0.0909. The van der Waals surface area contributed by atoms with Crippen LogP contribution < -0.4 is 15.4 Å². The van der Waals surface area contributed by atoms with E-state index in [0.717, 1.165) is 5.56 Å². The summed E-state index contributed by atoms with van der Waals surface area (Å²) in [5.41, 5.74) is 2.50. The number of benzene rings is 3. The van der Waals surface area contributed by atoms with Crippen LogP contribution in [-0.2, 0) is 4.79 Å². The lowest BCUT2D eigenvalue weighted by atomic mass is 10.2. The van der Waals surface area contributed by atoms with E-state index in [0.29, 0.717) is 32.7 Å². The van der Waals surface area contributed by atoms with E-state index in [1.165, 1.54) is 0 Å². The lowest BCUT2D eigenvalue weighted by molar-refractivity contribution is -0.118. The monoisotopic (exact) mass is 428 g/mol. The number of aryl methyl sites for hydroxylation is 1. The SMILES string of the molecule is Cc1ccc(NC(=O)COc2ccc(C(=O)Nc3ccccc3Cl)cc2)cc1Cl. The molecule has 0 aliphatic heterocycles. The van der Waals surface area contributed by atoms with Crippen LogP contribution in [0.15, 0.2) is 66.7 Å². The highest BCUT2D eigenvalue weighted by Crippen LogP contribution is 2.22. The summed E-state index contributed by atoms with van der Waals surface area (Å²) in [6.45, 7) is 1.71. The lowest BCUT2D eigenvalue weighted by Gasteiger charge is -2.10. The van der Waals surface area contributed by atoms with E-state index in [9.17, 15) is 9.59 Å². The van der Waals surface area contributed by atoms with Crippen molar-refractivity contribution in [2.24, 2.45) is 0 Å². The standard InChI is InChI=1S/C22H18Cl2N2O3/c1-14-6-9-16(12-19(14)24)25-21(27)13-29-17-10-7-15(8-11-17)22(28)26-20-5-3-2-4-18(20)23/h2-12H,13H2,1H3,(H,25,27)(H,26,28). The fourth-order valence-electron chi connectivity index (χ4n) is 2.48. The Morgan fingerprint density at radius 1 is 0.897 bits per heavy atom. The highest BCUT2D eigenvalue weighted by Gasteiger charge is 2.09. The molecule has 2 N–H and O–H groups in total. The summed E-state index contributed by atoms with van der Waals surface area (Å²) in [5, 5.41) is 6.50. The minimum Gasteiger partial charge on any atom is -0.484 e. The van der Waals surface area contributed by atoms with Crippen LogP contribution in [0.2, 0.25) is 10.0 Å². The molecule has 0 aliphatic carbocycles. The van der Waals surface area contributed by atoms with Gasteiger partial charge in [-0.2, -0.15) is 0 Å². The summed E-state index contributed by atoms with van der Waals surface area (Å²) in [6, 6.07) is 18.7. The molecule has 0 saturated heterocycles. The number of para-hydroxylation sites is 1. The highest BCUT2D eigenvalue weighted by atomic mass is 35.5. The third-order valence-electron chi connectivity index (χ3n) is 4.06. The van der Waals surface area contributed by atoms with Gasteiger partial charge in [-0.3, -0.25) is 9.59 Å². The first-order valence-corrected chi connectivity index (χ1v) is 9.53. The van der Waals surface area contributed by atoms with Gasteiger partial charge in [-0.15, -0.1) is 0 Å². The largest absolute Gasteiger partial charge is 0.484 e. The summed E-state index contributed by atoms with van der Waals surface area (Å²) in [6.07, 6.45) is 0. The first-order valence-electron chi connectivity index (χ1n) is 8.77. The van der Waals surface area contributed by atoms with Gasteiger partial charge in [-0.25, -0.2) is 0 Å². The van der Waals surface area contributed by atoms with Crippen LogP contribution in [0.25, 0.3) is 0 Å². The molecule has 0 fully saturated rings. The number of carbonyl (C=O) groups is 2. The fourth-order valence-corrected chi connectivity index (χ4v) is 2.84. The zero-order valence-corrected chi connectivity index (χ0v) is 17.1. The van der Waals surface area contributed by atoms with Gasteiger partial charge in [0, 0.05) is 16.3 Å². The van der Waals surface area contributed by atoms with Crippen LogP contribution in [0.3, 0.4) is 0 Å². The number of ether oxygens (including phenoxy) is 1. The zero-order valence-electron chi connectivity index (χ0n) is 15.5. The third kappa shape index (κ3) is 5.73. The van der Waals surface area contributed by atoms with Crippen LogP contribution in [0.4, 0.5) is 11.4 Å². The van der Waals surface area contributed by atoms with Crippen molar-refractivity contribution in [2.45, 2.75) is 6.92 Å². The summed E-state index contributed by atoms with van der Waals surface area (Å²) in [5.74, 6) is -0.138. The van der Waals surface area contributed by atoms with Crippen molar-refractivity contribution in [2.75, 3.05) is 17.2 Å². The quantitative estimate of drug-likeness (QED) is 0.538. The van der Waals surface area contributed by atoms with Gasteiger partial charge in [0.2, 0.25) is 0 Å².